The summed E-state index contributed by atoms with van der Waals surface area (Å²) in [7, 11) is -4.26. The van der Waals surface area contributed by atoms with E-state index in [4.69, 9.17) is 14.3 Å². The molecule has 1 aromatic carbocycles. The van der Waals surface area contributed by atoms with Crippen molar-refractivity contribution >= 4 is 32.5 Å². The van der Waals surface area contributed by atoms with E-state index < -0.39 is 31.2 Å². The van der Waals surface area contributed by atoms with E-state index in [1.54, 1.807) is 0 Å². The molecule has 0 saturated carbocycles. The first-order chi connectivity index (χ1) is 11.7. The number of hydrogen-bond acceptors (Lipinski definition) is 8. The first-order valence-electron chi connectivity index (χ1n) is 7.29. The minimum Gasteiger partial charge on any atom is -0.441 e. The van der Waals surface area contributed by atoms with Gasteiger partial charge in [0.1, 0.15) is 16.1 Å². The van der Waals surface area contributed by atoms with E-state index in [1.807, 2.05) is 0 Å². The van der Waals surface area contributed by atoms with Gasteiger partial charge in [0.15, 0.2) is 17.7 Å². The van der Waals surface area contributed by atoms with E-state index in [9.17, 15) is 22.9 Å². The standard InChI is InChI=1S/C13H15FN4O6S/c14-13(1-3-23-4-2-13)6-16-10-8(18(19)20)5-9(25(15,21)22)11-12(10)24-7-17-11/h5,7,16H,1-4,6H2,(H2,15,21,22). The molecule has 2 aromatic rings. The van der Waals surface area contributed by atoms with Crippen molar-refractivity contribution in [2.45, 2.75) is 23.4 Å². The molecule has 0 radical (unpaired) electrons. The Kier molecular flexibility index (Phi) is 4.34. The molecule has 1 aliphatic rings. The van der Waals surface area contributed by atoms with Crippen LogP contribution in [-0.4, -0.2) is 43.8 Å². The highest BCUT2D eigenvalue weighted by molar-refractivity contribution is 7.89. The average molecular weight is 374 g/mol. The molecule has 2 heterocycles. The van der Waals surface area contributed by atoms with Crippen molar-refractivity contribution < 1.29 is 26.9 Å². The van der Waals surface area contributed by atoms with Gasteiger partial charge in [0.05, 0.1) is 4.92 Å². The summed E-state index contributed by atoms with van der Waals surface area (Å²) in [5.74, 6) is 0. The number of rotatable bonds is 5. The number of benzene rings is 1. The maximum Gasteiger partial charge on any atom is 0.297 e. The summed E-state index contributed by atoms with van der Waals surface area (Å²) in [5.41, 5.74) is -2.67. The molecule has 12 heteroatoms. The molecule has 0 spiro atoms. The van der Waals surface area contributed by atoms with Crippen LogP contribution in [0.1, 0.15) is 12.8 Å². The number of anilines is 1. The molecule has 0 unspecified atom stereocenters. The van der Waals surface area contributed by atoms with Crippen LogP contribution < -0.4 is 10.5 Å². The van der Waals surface area contributed by atoms with Crippen molar-refractivity contribution in [2.75, 3.05) is 25.1 Å². The van der Waals surface area contributed by atoms with Gasteiger partial charge in [0.25, 0.3) is 5.69 Å². The number of primary sulfonamides is 1. The lowest BCUT2D eigenvalue weighted by Gasteiger charge is -2.29. The van der Waals surface area contributed by atoms with Crippen LogP contribution in [0.25, 0.3) is 11.1 Å². The van der Waals surface area contributed by atoms with E-state index in [0.717, 1.165) is 12.5 Å². The van der Waals surface area contributed by atoms with Crippen LogP contribution in [0.4, 0.5) is 15.8 Å². The second kappa shape index (κ2) is 6.20. The van der Waals surface area contributed by atoms with Gasteiger partial charge in [-0.15, -0.1) is 0 Å². The Morgan fingerprint density at radius 3 is 2.72 bits per heavy atom. The Bertz CT molecular complexity index is 922. The molecule has 25 heavy (non-hydrogen) atoms. The molecule has 136 valence electrons. The van der Waals surface area contributed by atoms with Gasteiger partial charge in [-0.25, -0.2) is 22.9 Å². The van der Waals surface area contributed by atoms with Crippen molar-refractivity contribution in [3.63, 3.8) is 0 Å². The molecule has 0 aliphatic carbocycles. The molecule has 1 aliphatic heterocycles. The number of oxazole rings is 1. The number of nitrogens with zero attached hydrogens (tertiary/aromatic N) is 2. The highest BCUT2D eigenvalue weighted by atomic mass is 32.2. The van der Waals surface area contributed by atoms with Crippen LogP contribution in [0.3, 0.4) is 0 Å². The fraction of sp³-hybridized carbons (Fsp3) is 0.462. The van der Waals surface area contributed by atoms with Gasteiger partial charge < -0.3 is 14.5 Å². The fourth-order valence-corrected chi connectivity index (χ4v) is 3.36. The zero-order chi connectivity index (χ0) is 18.2. The zero-order valence-electron chi connectivity index (χ0n) is 12.9. The summed E-state index contributed by atoms with van der Waals surface area (Å²) in [4.78, 5) is 13.8. The van der Waals surface area contributed by atoms with Crippen LogP contribution in [0.15, 0.2) is 21.8 Å². The normalized spacial score (nSPS) is 17.5. The number of halogens is 1. The third kappa shape index (κ3) is 3.41. The molecule has 0 atom stereocenters. The fourth-order valence-electron chi connectivity index (χ4n) is 2.67. The zero-order valence-corrected chi connectivity index (χ0v) is 13.7. The van der Waals surface area contributed by atoms with Gasteiger partial charge in [-0.1, -0.05) is 0 Å². The Balaban J connectivity index is 2.06. The van der Waals surface area contributed by atoms with Crippen molar-refractivity contribution in [2.24, 2.45) is 5.14 Å². The Morgan fingerprint density at radius 1 is 1.44 bits per heavy atom. The van der Waals surface area contributed by atoms with Gasteiger partial charge in [-0.3, -0.25) is 10.1 Å². The first kappa shape index (κ1) is 17.5. The van der Waals surface area contributed by atoms with Crippen molar-refractivity contribution in [1.29, 1.82) is 0 Å². The maximum atomic E-state index is 14.7. The molecule has 10 nitrogen and oxygen atoms in total. The monoisotopic (exact) mass is 374 g/mol. The van der Waals surface area contributed by atoms with E-state index >= 15 is 0 Å². The van der Waals surface area contributed by atoms with Crippen LogP contribution in [0, 0.1) is 10.1 Å². The summed E-state index contributed by atoms with van der Waals surface area (Å²) in [5, 5.41) is 19.1. The average Bonchev–Trinajstić information content (AvgIpc) is 3.00. The van der Waals surface area contributed by atoms with Crippen LogP contribution in [0.5, 0.6) is 0 Å². The number of hydrogen-bond donors (Lipinski definition) is 2. The minimum absolute atomic E-state index is 0.141. The molecule has 1 saturated heterocycles. The third-order valence-corrected chi connectivity index (χ3v) is 4.95. The Hall–Kier alpha value is -2.31. The molecular formula is C13H15FN4O6S. The van der Waals surface area contributed by atoms with Crippen LogP contribution >= 0.6 is 0 Å². The molecule has 3 N–H and O–H groups in total. The molecule has 0 bridgehead atoms. The predicted molar refractivity (Wildman–Crippen MR) is 84.4 cm³/mol. The van der Waals surface area contributed by atoms with E-state index in [0.29, 0.717) is 0 Å². The number of fused-ring (bicyclic) bond motifs is 1. The molecule has 3 rings (SSSR count). The highest BCUT2D eigenvalue weighted by Gasteiger charge is 2.34. The van der Waals surface area contributed by atoms with Gasteiger partial charge in [-0.05, 0) is 0 Å². The second-order valence-corrected chi connectivity index (χ2v) is 7.25. The van der Waals surface area contributed by atoms with Gasteiger partial charge >= 0.3 is 0 Å². The van der Waals surface area contributed by atoms with Crippen LogP contribution in [-0.2, 0) is 14.8 Å². The van der Waals surface area contributed by atoms with E-state index in [2.05, 4.69) is 10.3 Å². The summed E-state index contributed by atoms with van der Waals surface area (Å²) < 4.78 is 48.3. The lowest BCUT2D eigenvalue weighted by atomic mass is 9.96. The topological polar surface area (TPSA) is 151 Å². The Morgan fingerprint density at radius 2 is 2.12 bits per heavy atom. The largest absolute Gasteiger partial charge is 0.441 e. The van der Waals surface area contributed by atoms with Gasteiger partial charge in [0, 0.05) is 38.7 Å². The second-order valence-electron chi connectivity index (χ2n) is 5.72. The number of nitro benzene ring substituents is 1. The van der Waals surface area contributed by atoms with Gasteiger partial charge in [-0.2, -0.15) is 0 Å². The summed E-state index contributed by atoms with van der Waals surface area (Å²) in [6.07, 6.45) is 1.22. The molecule has 1 fully saturated rings. The maximum absolute atomic E-state index is 14.7. The predicted octanol–water partition coefficient (Wildman–Crippen LogP) is 1.31. The number of nitrogens with one attached hydrogen (secondary N) is 1. The smallest absolute Gasteiger partial charge is 0.297 e. The van der Waals surface area contributed by atoms with E-state index in [1.165, 1.54) is 0 Å². The summed E-state index contributed by atoms with van der Waals surface area (Å²) >= 11 is 0. The SMILES string of the molecule is NS(=O)(=O)c1cc([N+](=O)[O-])c(NCC2(F)CCOCC2)c2ocnc12. The highest BCUT2D eigenvalue weighted by Crippen LogP contribution is 2.38. The Labute approximate surface area is 141 Å². The molecular weight excluding hydrogens is 359 g/mol. The number of aromatic nitrogens is 1. The lowest BCUT2D eigenvalue weighted by Crippen LogP contribution is -2.38. The number of ether oxygens (including phenoxy) is 1. The molecule has 0 amide bonds. The number of sulfonamides is 1. The lowest BCUT2D eigenvalue weighted by molar-refractivity contribution is -0.384. The van der Waals surface area contributed by atoms with Crippen molar-refractivity contribution in [3.8, 4) is 0 Å². The van der Waals surface area contributed by atoms with E-state index in [-0.39, 0.29) is 49.4 Å². The van der Waals surface area contributed by atoms with Gasteiger partial charge in [0.2, 0.25) is 10.0 Å². The van der Waals surface area contributed by atoms with Crippen LogP contribution in [0.2, 0.25) is 0 Å². The minimum atomic E-state index is -4.26. The molecule has 1 aromatic heterocycles. The van der Waals surface area contributed by atoms with Crippen molar-refractivity contribution in [1.82, 2.24) is 4.98 Å². The number of alkyl halides is 1. The summed E-state index contributed by atoms with van der Waals surface area (Å²) in [6, 6.07) is 0.789. The first-order valence-corrected chi connectivity index (χ1v) is 8.84. The summed E-state index contributed by atoms with van der Waals surface area (Å²) in [6.45, 7) is 0.284. The van der Waals surface area contributed by atoms with Crippen molar-refractivity contribution in [3.05, 3.63) is 22.6 Å². The third-order valence-electron chi connectivity index (χ3n) is 4.03. The number of nitrogens with two attached hydrogens (primary N) is 1. The quantitative estimate of drug-likeness (QED) is 0.587. The number of nitro groups is 1.